The summed E-state index contributed by atoms with van der Waals surface area (Å²) in [5.41, 5.74) is 2.97. The smallest absolute Gasteiger partial charge is 0.264 e. The molecule has 8 nitrogen and oxygen atoms in total. The second kappa shape index (κ2) is 15.4. The fraction of sp³-hybridized carbons (Fsp3) is 0.278. The molecule has 236 valence electrons. The van der Waals surface area contributed by atoms with Gasteiger partial charge in [0.1, 0.15) is 18.3 Å². The molecule has 0 aliphatic heterocycles. The van der Waals surface area contributed by atoms with Crippen molar-refractivity contribution in [3.8, 4) is 5.75 Å². The van der Waals surface area contributed by atoms with Gasteiger partial charge in [0.05, 0.1) is 17.7 Å². The number of amides is 2. The molecule has 0 aliphatic rings. The molecule has 0 unspecified atom stereocenters. The van der Waals surface area contributed by atoms with E-state index < -0.39 is 28.5 Å². The van der Waals surface area contributed by atoms with Crippen LogP contribution >= 0.6 is 0 Å². The lowest BCUT2D eigenvalue weighted by Crippen LogP contribution is -2.54. The Bertz CT molecular complexity index is 1660. The maximum atomic E-state index is 14.6. The molecule has 0 radical (unpaired) electrons. The third kappa shape index (κ3) is 8.51. The molecule has 0 fully saturated rings. The monoisotopic (exact) mass is 627 g/mol. The molecule has 0 aromatic heterocycles. The molecule has 0 aliphatic carbocycles. The number of nitrogens with zero attached hydrogens (tertiary/aromatic N) is 2. The molecule has 0 saturated carbocycles. The van der Waals surface area contributed by atoms with Crippen LogP contribution in [0, 0.1) is 6.92 Å². The van der Waals surface area contributed by atoms with E-state index in [0.717, 1.165) is 21.0 Å². The molecule has 1 N–H and O–H groups in total. The van der Waals surface area contributed by atoms with Crippen LogP contribution in [0.15, 0.2) is 114 Å². The summed E-state index contributed by atoms with van der Waals surface area (Å²) in [6.45, 7) is 5.43. The molecule has 4 aromatic rings. The zero-order chi connectivity index (χ0) is 32.4. The Balaban J connectivity index is 1.82. The first kappa shape index (κ1) is 33.3. The van der Waals surface area contributed by atoms with Crippen LogP contribution in [-0.4, -0.2) is 50.9 Å². The Morgan fingerprint density at radius 1 is 0.822 bits per heavy atom. The molecule has 0 bridgehead atoms. The van der Waals surface area contributed by atoms with E-state index in [2.05, 4.69) is 5.32 Å². The summed E-state index contributed by atoms with van der Waals surface area (Å²) in [7, 11) is -2.77. The van der Waals surface area contributed by atoms with Crippen LogP contribution in [0.4, 0.5) is 5.69 Å². The normalized spacial score (nSPS) is 12.5. The summed E-state index contributed by atoms with van der Waals surface area (Å²) in [4.78, 5) is 30.0. The van der Waals surface area contributed by atoms with E-state index in [0.29, 0.717) is 12.2 Å². The zero-order valence-corrected chi connectivity index (χ0v) is 27.0. The highest BCUT2D eigenvalue weighted by atomic mass is 32.2. The van der Waals surface area contributed by atoms with Crippen molar-refractivity contribution in [1.29, 1.82) is 0 Å². The van der Waals surface area contributed by atoms with Crippen molar-refractivity contribution in [2.75, 3.05) is 18.0 Å². The number of nitrogens with one attached hydrogen (secondary N) is 1. The topological polar surface area (TPSA) is 96.0 Å². The first-order chi connectivity index (χ1) is 21.6. The van der Waals surface area contributed by atoms with Crippen molar-refractivity contribution in [1.82, 2.24) is 10.2 Å². The Labute approximate surface area is 266 Å². The average molecular weight is 628 g/mol. The van der Waals surface area contributed by atoms with E-state index in [1.807, 2.05) is 75.4 Å². The first-order valence-electron chi connectivity index (χ1n) is 15.0. The van der Waals surface area contributed by atoms with Gasteiger partial charge in [0, 0.05) is 19.0 Å². The van der Waals surface area contributed by atoms with Gasteiger partial charge in [-0.1, -0.05) is 97.4 Å². The Kier molecular flexibility index (Phi) is 11.4. The standard InChI is InChI=1S/C36H41N3O5S/c1-5-28(3)37-36(41)33(24-29-14-8-6-9-15-29)38(25-30-22-20-27(2)21-23-30)35(40)26-39(32-18-12-13-19-34(32)44-4)45(42,43)31-16-10-7-11-17-31/h6-23,28,33H,5,24-26H2,1-4H3,(H,37,41)/t28-,33+/m1/s1. The predicted octanol–water partition coefficient (Wildman–Crippen LogP) is 5.75. The Morgan fingerprint density at radius 3 is 2.04 bits per heavy atom. The summed E-state index contributed by atoms with van der Waals surface area (Å²) in [5, 5.41) is 3.05. The summed E-state index contributed by atoms with van der Waals surface area (Å²) in [5.74, 6) is -0.533. The quantitative estimate of drug-likeness (QED) is 0.192. The minimum absolute atomic E-state index is 0.0316. The fourth-order valence-electron chi connectivity index (χ4n) is 4.95. The van der Waals surface area contributed by atoms with Crippen molar-refractivity contribution in [2.45, 2.75) is 57.1 Å². The molecule has 45 heavy (non-hydrogen) atoms. The number of rotatable bonds is 14. The van der Waals surface area contributed by atoms with Crippen LogP contribution in [0.5, 0.6) is 5.75 Å². The van der Waals surface area contributed by atoms with E-state index in [1.54, 1.807) is 42.5 Å². The van der Waals surface area contributed by atoms with Gasteiger partial charge in [-0.15, -0.1) is 0 Å². The SMILES string of the molecule is CC[C@@H](C)NC(=O)[C@H](Cc1ccccc1)N(Cc1ccc(C)cc1)C(=O)CN(c1ccccc1OC)S(=O)(=O)c1ccccc1. The number of para-hydroxylation sites is 2. The van der Waals surface area contributed by atoms with Crippen LogP contribution in [0.3, 0.4) is 0 Å². The molecule has 2 amide bonds. The minimum atomic E-state index is -4.22. The third-order valence-corrected chi connectivity index (χ3v) is 9.48. The maximum Gasteiger partial charge on any atom is 0.264 e. The number of carbonyl (C=O) groups excluding carboxylic acids is 2. The Hall–Kier alpha value is -4.63. The Morgan fingerprint density at radius 2 is 1.42 bits per heavy atom. The second-order valence-corrected chi connectivity index (χ2v) is 12.9. The molecular weight excluding hydrogens is 586 g/mol. The van der Waals surface area contributed by atoms with Gasteiger partial charge in [0.25, 0.3) is 10.0 Å². The van der Waals surface area contributed by atoms with Crippen molar-refractivity contribution in [3.05, 3.63) is 126 Å². The second-order valence-electron chi connectivity index (χ2n) is 11.0. The summed E-state index contributed by atoms with van der Waals surface area (Å²) in [6, 6.07) is 30.9. The van der Waals surface area contributed by atoms with Gasteiger partial charge in [0.2, 0.25) is 11.8 Å². The van der Waals surface area contributed by atoms with Crippen LogP contribution in [0.25, 0.3) is 0 Å². The van der Waals surface area contributed by atoms with E-state index in [-0.39, 0.29) is 35.5 Å². The highest BCUT2D eigenvalue weighted by Gasteiger charge is 2.35. The molecule has 0 spiro atoms. The van der Waals surface area contributed by atoms with Crippen LogP contribution in [0.2, 0.25) is 0 Å². The number of ether oxygens (including phenoxy) is 1. The van der Waals surface area contributed by atoms with Gasteiger partial charge in [-0.05, 0) is 55.7 Å². The highest BCUT2D eigenvalue weighted by molar-refractivity contribution is 7.92. The summed E-state index contributed by atoms with van der Waals surface area (Å²) < 4.78 is 34.9. The van der Waals surface area contributed by atoms with Gasteiger partial charge < -0.3 is 15.0 Å². The summed E-state index contributed by atoms with van der Waals surface area (Å²) in [6.07, 6.45) is 0.966. The van der Waals surface area contributed by atoms with Crippen LogP contribution in [-0.2, 0) is 32.6 Å². The summed E-state index contributed by atoms with van der Waals surface area (Å²) >= 11 is 0. The number of anilines is 1. The number of carbonyl (C=O) groups is 2. The number of benzene rings is 4. The number of methoxy groups -OCH3 is 1. The van der Waals surface area contributed by atoms with E-state index in [1.165, 1.54) is 24.1 Å². The van der Waals surface area contributed by atoms with Crippen molar-refractivity contribution < 1.29 is 22.7 Å². The van der Waals surface area contributed by atoms with Gasteiger partial charge in [0.15, 0.2) is 0 Å². The van der Waals surface area contributed by atoms with Gasteiger partial charge in [-0.3, -0.25) is 13.9 Å². The first-order valence-corrected chi connectivity index (χ1v) is 16.5. The molecule has 0 heterocycles. The average Bonchev–Trinajstić information content (AvgIpc) is 3.06. The van der Waals surface area contributed by atoms with Crippen LogP contribution < -0.4 is 14.4 Å². The van der Waals surface area contributed by atoms with Crippen LogP contribution in [0.1, 0.15) is 37.0 Å². The predicted molar refractivity (Wildman–Crippen MR) is 178 cm³/mol. The van der Waals surface area contributed by atoms with Crippen molar-refractivity contribution >= 4 is 27.5 Å². The van der Waals surface area contributed by atoms with E-state index in [4.69, 9.17) is 4.74 Å². The number of hydrogen-bond donors (Lipinski definition) is 1. The molecular formula is C36H41N3O5S. The minimum Gasteiger partial charge on any atom is -0.495 e. The molecule has 4 aromatic carbocycles. The van der Waals surface area contributed by atoms with Gasteiger partial charge >= 0.3 is 0 Å². The number of sulfonamides is 1. The van der Waals surface area contributed by atoms with Gasteiger partial charge in [-0.25, -0.2) is 8.42 Å². The van der Waals surface area contributed by atoms with Crippen molar-refractivity contribution in [2.24, 2.45) is 0 Å². The highest BCUT2D eigenvalue weighted by Crippen LogP contribution is 2.32. The van der Waals surface area contributed by atoms with Gasteiger partial charge in [-0.2, -0.15) is 0 Å². The van der Waals surface area contributed by atoms with E-state index >= 15 is 0 Å². The fourth-order valence-corrected chi connectivity index (χ4v) is 6.40. The molecule has 0 saturated heterocycles. The largest absolute Gasteiger partial charge is 0.495 e. The lowest BCUT2D eigenvalue weighted by Gasteiger charge is -2.34. The van der Waals surface area contributed by atoms with Crippen molar-refractivity contribution in [3.63, 3.8) is 0 Å². The zero-order valence-electron chi connectivity index (χ0n) is 26.2. The van der Waals surface area contributed by atoms with E-state index in [9.17, 15) is 18.0 Å². The molecule has 2 atom stereocenters. The lowest BCUT2D eigenvalue weighted by atomic mass is 10.0. The number of hydrogen-bond acceptors (Lipinski definition) is 5. The molecule has 4 rings (SSSR count). The number of aryl methyl sites for hydroxylation is 1. The lowest BCUT2D eigenvalue weighted by molar-refractivity contribution is -0.140. The maximum absolute atomic E-state index is 14.6. The third-order valence-electron chi connectivity index (χ3n) is 7.71. The molecule has 9 heteroatoms.